The van der Waals surface area contributed by atoms with Gasteiger partial charge in [0.25, 0.3) is 0 Å². The first-order valence-electron chi connectivity index (χ1n) is 3.43. The normalized spacial score (nSPS) is 12.3. The molecule has 50 valence electrons. The van der Waals surface area contributed by atoms with E-state index in [1.807, 2.05) is 0 Å². The minimum Gasteiger partial charge on any atom is -0.852 e. The third-order valence-electron chi connectivity index (χ3n) is 1.21. The zero-order valence-electron chi connectivity index (χ0n) is 6.81. The Morgan fingerprint density at radius 3 is 2.22 bits per heavy atom. The van der Waals surface area contributed by atoms with E-state index in [9.17, 15) is 5.11 Å². The molecule has 0 N–H and O–H groups in total. The van der Waals surface area contributed by atoms with Crippen molar-refractivity contribution in [2.75, 3.05) is 0 Å². The van der Waals surface area contributed by atoms with Crippen LogP contribution in [0.25, 0.3) is 0 Å². The van der Waals surface area contributed by atoms with E-state index in [-0.39, 0.29) is 57.5 Å². The van der Waals surface area contributed by atoms with Crippen molar-refractivity contribution in [3.8, 4) is 0 Å². The Morgan fingerprint density at radius 1 is 1.33 bits per heavy atom. The molecule has 0 aliphatic carbocycles. The van der Waals surface area contributed by atoms with Crippen molar-refractivity contribution in [1.82, 2.24) is 0 Å². The van der Waals surface area contributed by atoms with Crippen molar-refractivity contribution in [1.29, 1.82) is 0 Å². The van der Waals surface area contributed by atoms with E-state index >= 15 is 0 Å². The van der Waals surface area contributed by atoms with Crippen LogP contribution in [0.2, 0.25) is 0 Å². The number of hydrogen-bond acceptors (Lipinski definition) is 1. The van der Waals surface area contributed by atoms with Gasteiger partial charge >= 0.3 is 51.4 Å². The first kappa shape index (κ1) is 13.2. The van der Waals surface area contributed by atoms with Crippen LogP contribution in [0, 0.1) is 0 Å². The van der Waals surface area contributed by atoms with E-state index in [1.54, 1.807) is 6.92 Å². The molecule has 0 aromatic heterocycles. The summed E-state index contributed by atoms with van der Waals surface area (Å²) in [6.07, 6.45) is 4.05. The molecule has 1 atom stereocenters. The van der Waals surface area contributed by atoms with Crippen LogP contribution in [0.4, 0.5) is 0 Å². The first-order chi connectivity index (χ1) is 3.77. The van der Waals surface area contributed by atoms with Crippen LogP contribution in [-0.4, -0.2) is 6.10 Å². The summed E-state index contributed by atoms with van der Waals surface area (Å²) >= 11 is 0. The number of rotatable bonds is 4. The fraction of sp³-hybridized carbons (Fsp3) is 1.00. The molecule has 1 nitrogen and oxygen atoms in total. The van der Waals surface area contributed by atoms with Gasteiger partial charge in [-0.05, 0) is 0 Å². The molecule has 0 fully saturated rings. The summed E-state index contributed by atoms with van der Waals surface area (Å²) in [7, 11) is 0. The quantitative estimate of drug-likeness (QED) is 0.350. The van der Waals surface area contributed by atoms with Crippen LogP contribution < -0.4 is 56.5 Å². The maximum Gasteiger partial charge on any atom is 1.00 e. The van der Waals surface area contributed by atoms with Crippen LogP contribution >= 0.6 is 0 Å². The molecule has 1 unspecified atom stereocenters. The molecule has 0 rings (SSSR count). The number of hydrogen-bond donors (Lipinski definition) is 0. The fourth-order valence-electron chi connectivity index (χ4n) is 0.682. The summed E-state index contributed by atoms with van der Waals surface area (Å²) in [5.74, 6) is 0. The van der Waals surface area contributed by atoms with E-state index in [0.717, 1.165) is 12.8 Å². The SMILES string of the molecule is CCCCCC(C)[O-].[K+]. The van der Waals surface area contributed by atoms with Crippen LogP contribution in [0.5, 0.6) is 0 Å². The van der Waals surface area contributed by atoms with Crippen LogP contribution in [-0.2, 0) is 0 Å². The van der Waals surface area contributed by atoms with E-state index in [0.29, 0.717) is 0 Å². The Hall–Kier alpha value is 1.60. The van der Waals surface area contributed by atoms with Gasteiger partial charge in [0.1, 0.15) is 0 Å². The summed E-state index contributed by atoms with van der Waals surface area (Å²) < 4.78 is 0. The molecule has 0 saturated carbocycles. The Labute approximate surface area is 101 Å². The zero-order valence-corrected chi connectivity index (χ0v) is 9.94. The van der Waals surface area contributed by atoms with Gasteiger partial charge in [0.2, 0.25) is 0 Å². The molecule has 0 aliphatic rings. The van der Waals surface area contributed by atoms with Crippen LogP contribution in [0.15, 0.2) is 0 Å². The molecule has 0 bridgehead atoms. The molecule has 2 heteroatoms. The maximum atomic E-state index is 10.4. The van der Waals surface area contributed by atoms with E-state index in [1.165, 1.54) is 12.8 Å². The van der Waals surface area contributed by atoms with Crippen molar-refractivity contribution in [2.24, 2.45) is 0 Å². The summed E-state index contributed by atoms with van der Waals surface area (Å²) in [4.78, 5) is 0. The van der Waals surface area contributed by atoms with E-state index < -0.39 is 0 Å². The summed E-state index contributed by atoms with van der Waals surface area (Å²) in [6, 6.07) is 0. The van der Waals surface area contributed by atoms with Crippen molar-refractivity contribution >= 4 is 0 Å². The molecule has 0 aliphatic heterocycles. The molecule has 0 heterocycles. The molecular weight excluding hydrogens is 139 g/mol. The van der Waals surface area contributed by atoms with Gasteiger partial charge in [-0.15, -0.1) is 6.10 Å². The summed E-state index contributed by atoms with van der Waals surface area (Å²) in [5.41, 5.74) is 0. The smallest absolute Gasteiger partial charge is 0.852 e. The fourth-order valence-corrected chi connectivity index (χ4v) is 0.682. The van der Waals surface area contributed by atoms with Gasteiger partial charge < -0.3 is 5.11 Å². The first-order valence-corrected chi connectivity index (χ1v) is 3.43. The Bertz CT molecular complexity index is 46.2. The zero-order chi connectivity index (χ0) is 6.41. The second kappa shape index (κ2) is 9.60. The number of unbranched alkanes of at least 4 members (excludes halogenated alkanes) is 2. The maximum absolute atomic E-state index is 10.4. The monoisotopic (exact) mass is 154 g/mol. The largest absolute Gasteiger partial charge is 1.00 e. The Balaban J connectivity index is 0. The molecule has 0 radical (unpaired) electrons. The Morgan fingerprint density at radius 2 is 1.89 bits per heavy atom. The molecule has 0 saturated heterocycles. The van der Waals surface area contributed by atoms with Gasteiger partial charge in [-0.2, -0.15) is 0 Å². The van der Waals surface area contributed by atoms with Crippen LogP contribution in [0.3, 0.4) is 0 Å². The van der Waals surface area contributed by atoms with Crippen LogP contribution in [0.1, 0.15) is 39.5 Å². The van der Waals surface area contributed by atoms with Crippen molar-refractivity contribution in [3.63, 3.8) is 0 Å². The van der Waals surface area contributed by atoms with Crippen molar-refractivity contribution < 1.29 is 56.5 Å². The standard InChI is InChI=1S/C7H15O.K/c1-3-4-5-6-7(2)8;/h7H,3-6H2,1-2H3;/q-1;+1. The van der Waals surface area contributed by atoms with Gasteiger partial charge in [0, 0.05) is 0 Å². The minimum absolute atomic E-state index is 0. The Kier molecular flexibility index (Phi) is 14.1. The third-order valence-corrected chi connectivity index (χ3v) is 1.21. The van der Waals surface area contributed by atoms with Gasteiger partial charge in [-0.25, -0.2) is 0 Å². The molecule has 0 amide bonds. The molecular formula is C7H15KO. The average Bonchev–Trinajstić information content (AvgIpc) is 1.66. The average molecular weight is 154 g/mol. The van der Waals surface area contributed by atoms with Crippen molar-refractivity contribution in [3.05, 3.63) is 0 Å². The van der Waals surface area contributed by atoms with Gasteiger partial charge in [-0.1, -0.05) is 39.5 Å². The second-order valence-electron chi connectivity index (χ2n) is 2.31. The molecule has 0 aromatic carbocycles. The van der Waals surface area contributed by atoms with Crippen molar-refractivity contribution in [2.45, 2.75) is 45.6 Å². The second-order valence-corrected chi connectivity index (χ2v) is 2.31. The molecule has 0 spiro atoms. The predicted octanol–water partition coefficient (Wildman–Crippen LogP) is -1.68. The predicted molar refractivity (Wildman–Crippen MR) is 33.6 cm³/mol. The third kappa shape index (κ3) is 12.7. The van der Waals surface area contributed by atoms with Gasteiger partial charge in [0.15, 0.2) is 0 Å². The topological polar surface area (TPSA) is 23.1 Å². The van der Waals surface area contributed by atoms with Gasteiger partial charge in [0.05, 0.1) is 0 Å². The molecule has 0 aromatic rings. The minimum atomic E-state index is -0.346. The summed E-state index contributed by atoms with van der Waals surface area (Å²) in [5, 5.41) is 10.4. The van der Waals surface area contributed by atoms with E-state index in [2.05, 4.69) is 6.92 Å². The molecule has 9 heavy (non-hydrogen) atoms. The van der Waals surface area contributed by atoms with E-state index in [4.69, 9.17) is 0 Å². The van der Waals surface area contributed by atoms with Gasteiger partial charge in [-0.3, -0.25) is 0 Å². The summed E-state index contributed by atoms with van der Waals surface area (Å²) in [6.45, 7) is 3.88.